The molecule has 1 aliphatic rings. The Hall–Kier alpha value is -2.22. The number of anilines is 1. The van der Waals surface area contributed by atoms with Gasteiger partial charge in [0.1, 0.15) is 4.70 Å². The molecule has 2 N–H and O–H groups in total. The first-order valence-corrected chi connectivity index (χ1v) is 17.9. The van der Waals surface area contributed by atoms with Crippen molar-refractivity contribution in [1.82, 2.24) is 0 Å². The van der Waals surface area contributed by atoms with Crippen molar-refractivity contribution in [3.63, 3.8) is 0 Å². The molecule has 0 aliphatic carbocycles. The van der Waals surface area contributed by atoms with Gasteiger partial charge in [-0.3, -0.25) is 9.11 Å². The molecule has 0 radical (unpaired) electrons. The third-order valence-electron chi connectivity index (χ3n) is 6.54. The first-order valence-electron chi connectivity index (χ1n) is 13.1. The second-order valence-corrected chi connectivity index (χ2v) is 15.4. The van der Waals surface area contributed by atoms with Gasteiger partial charge < -0.3 is 4.90 Å². The van der Waals surface area contributed by atoms with Crippen molar-refractivity contribution in [1.29, 1.82) is 0 Å². The van der Waals surface area contributed by atoms with Crippen LogP contribution in [0.2, 0.25) is 0 Å². The molecule has 4 rings (SSSR count). The summed E-state index contributed by atoms with van der Waals surface area (Å²) in [5.74, 6) is -0.495. The molecule has 0 saturated heterocycles. The van der Waals surface area contributed by atoms with Crippen molar-refractivity contribution in [2.75, 3.05) is 23.0 Å². The van der Waals surface area contributed by atoms with E-state index in [0.29, 0.717) is 38.8 Å². The van der Waals surface area contributed by atoms with Crippen LogP contribution in [0, 0.1) is 13.8 Å². The Morgan fingerprint density at radius 1 is 0.925 bits per heavy atom. The molecule has 8 nitrogen and oxygen atoms in total. The zero-order valence-corrected chi connectivity index (χ0v) is 26.1. The number of rotatable bonds is 12. The summed E-state index contributed by atoms with van der Waals surface area (Å²) in [6.45, 7) is 7.43. The molecule has 0 amide bonds. The number of allylic oxidation sites excluding steroid dienone is 2. The van der Waals surface area contributed by atoms with E-state index in [9.17, 15) is 16.8 Å². The standard InChI is InChI=1S/C28H34N2O6S4/c1-20-8-10-23-25(16-20)37-27(29(23)12-4-6-14-39(31,32)33)18-22(3)19-28-30(13-5-7-15-40(34,35)36)24-11-9-21(2)17-26(24)38-28/h8-11,16-19H,4-7,12-15H2,1-3H3,(H-,31,32,33,34,35,36)/p+1. The van der Waals surface area contributed by atoms with Gasteiger partial charge in [0.15, 0.2) is 6.54 Å². The van der Waals surface area contributed by atoms with E-state index in [4.69, 9.17) is 9.11 Å². The molecule has 1 aliphatic heterocycles. The summed E-state index contributed by atoms with van der Waals surface area (Å²) in [6, 6.07) is 12.6. The predicted molar refractivity (Wildman–Crippen MR) is 164 cm³/mol. The fraction of sp³-hybridized carbons (Fsp3) is 0.393. The van der Waals surface area contributed by atoms with Crippen LogP contribution in [-0.4, -0.2) is 44.0 Å². The molecular formula is C28H35N2O6S4+. The maximum atomic E-state index is 11.2. The van der Waals surface area contributed by atoms with E-state index in [1.54, 1.807) is 23.1 Å². The Labute approximate surface area is 244 Å². The Morgan fingerprint density at radius 3 is 2.27 bits per heavy atom. The molecule has 3 aromatic rings. The molecule has 0 bridgehead atoms. The van der Waals surface area contributed by atoms with Crippen LogP contribution in [-0.2, 0) is 26.8 Å². The van der Waals surface area contributed by atoms with Crippen molar-refractivity contribution in [3.8, 4) is 0 Å². The maximum absolute atomic E-state index is 11.2. The first kappa shape index (κ1) is 30.7. The second kappa shape index (κ2) is 12.7. The number of aromatic nitrogens is 1. The van der Waals surface area contributed by atoms with Gasteiger partial charge in [0, 0.05) is 30.0 Å². The highest BCUT2D eigenvalue weighted by Crippen LogP contribution is 2.47. The van der Waals surface area contributed by atoms with Gasteiger partial charge in [-0.25, -0.2) is 0 Å². The second-order valence-electron chi connectivity index (χ2n) is 10.1. The van der Waals surface area contributed by atoms with Gasteiger partial charge in [-0.2, -0.15) is 21.4 Å². The zero-order chi connectivity index (χ0) is 29.1. The smallest absolute Gasteiger partial charge is 0.264 e. The van der Waals surface area contributed by atoms with Crippen LogP contribution < -0.4 is 9.47 Å². The van der Waals surface area contributed by atoms with E-state index >= 15 is 0 Å². The van der Waals surface area contributed by atoms with Gasteiger partial charge in [0.2, 0.25) is 5.52 Å². The van der Waals surface area contributed by atoms with Crippen molar-refractivity contribution >= 4 is 65.3 Å². The van der Waals surface area contributed by atoms with Gasteiger partial charge in [-0.05, 0) is 81.0 Å². The molecule has 0 fully saturated rings. The number of unbranched alkanes of at least 4 members (excludes halogenated alkanes) is 2. The summed E-state index contributed by atoms with van der Waals surface area (Å²) in [6.07, 6.45) is 6.27. The molecule has 1 aromatic heterocycles. The van der Waals surface area contributed by atoms with E-state index in [2.05, 4.69) is 78.8 Å². The van der Waals surface area contributed by atoms with E-state index in [1.807, 2.05) is 0 Å². The largest absolute Gasteiger partial charge is 0.335 e. The summed E-state index contributed by atoms with van der Waals surface area (Å²) in [7, 11) is -7.96. The number of fused-ring (bicyclic) bond motifs is 2. The Morgan fingerprint density at radius 2 is 1.57 bits per heavy atom. The van der Waals surface area contributed by atoms with Crippen LogP contribution in [0.3, 0.4) is 0 Å². The van der Waals surface area contributed by atoms with Crippen LogP contribution in [0.15, 0.2) is 58.0 Å². The van der Waals surface area contributed by atoms with E-state index < -0.39 is 20.2 Å². The lowest BCUT2D eigenvalue weighted by Crippen LogP contribution is -2.35. The SMILES string of the molecule is CC(=Cc1sc2cc(C)ccc2[n+]1CCCCS(=O)(=O)O)C=C1Sc2cc(C)ccc2N1CCCCS(=O)(=O)O. The fourth-order valence-electron chi connectivity index (χ4n) is 4.64. The minimum Gasteiger partial charge on any atom is -0.335 e. The third-order valence-corrected chi connectivity index (χ3v) is 10.3. The highest BCUT2D eigenvalue weighted by molar-refractivity contribution is 8.03. The summed E-state index contributed by atoms with van der Waals surface area (Å²) in [5.41, 5.74) is 5.56. The molecule has 0 spiro atoms. The van der Waals surface area contributed by atoms with Gasteiger partial charge in [0.25, 0.3) is 25.2 Å². The zero-order valence-electron chi connectivity index (χ0n) is 22.8. The summed E-state index contributed by atoms with van der Waals surface area (Å²) < 4.78 is 66.2. The molecule has 216 valence electrons. The molecule has 0 saturated carbocycles. The number of aryl methyl sites for hydroxylation is 3. The average molecular weight is 624 g/mol. The van der Waals surface area contributed by atoms with Crippen LogP contribution in [0.5, 0.6) is 0 Å². The number of thioether (sulfide) groups is 1. The van der Waals surface area contributed by atoms with E-state index in [1.165, 1.54) is 11.1 Å². The molecule has 40 heavy (non-hydrogen) atoms. The third kappa shape index (κ3) is 8.40. The Kier molecular flexibility index (Phi) is 9.79. The molecule has 2 heterocycles. The monoisotopic (exact) mass is 623 g/mol. The minimum absolute atomic E-state index is 0.248. The number of nitrogens with zero attached hydrogens (tertiary/aromatic N) is 2. The van der Waals surface area contributed by atoms with Gasteiger partial charge in [-0.15, -0.1) is 0 Å². The van der Waals surface area contributed by atoms with E-state index in [-0.39, 0.29) is 11.5 Å². The van der Waals surface area contributed by atoms with Crippen molar-refractivity contribution in [2.45, 2.75) is 57.9 Å². The topological polar surface area (TPSA) is 116 Å². The van der Waals surface area contributed by atoms with Gasteiger partial charge in [-0.1, -0.05) is 35.2 Å². The number of benzene rings is 2. The van der Waals surface area contributed by atoms with Gasteiger partial charge in [0.05, 0.1) is 22.2 Å². The normalized spacial score (nSPS) is 15.4. The fourth-order valence-corrected chi connectivity index (χ4v) is 8.37. The van der Waals surface area contributed by atoms with Crippen LogP contribution >= 0.6 is 23.1 Å². The number of hydrogen-bond acceptors (Lipinski definition) is 7. The lowest BCUT2D eigenvalue weighted by molar-refractivity contribution is -0.669. The molecular weight excluding hydrogens is 589 g/mol. The number of hydrogen-bond donors (Lipinski definition) is 2. The highest BCUT2D eigenvalue weighted by atomic mass is 32.2. The predicted octanol–water partition coefficient (Wildman–Crippen LogP) is 6.00. The van der Waals surface area contributed by atoms with Crippen LogP contribution in [0.4, 0.5) is 5.69 Å². The minimum atomic E-state index is -3.98. The Balaban J connectivity index is 1.61. The van der Waals surface area contributed by atoms with E-state index in [0.717, 1.165) is 36.4 Å². The summed E-state index contributed by atoms with van der Waals surface area (Å²) >= 11 is 3.37. The number of thiazole rings is 1. The quantitative estimate of drug-likeness (QED) is 0.143. The first-order chi connectivity index (χ1) is 18.8. The van der Waals surface area contributed by atoms with Crippen LogP contribution in [0.1, 0.15) is 48.7 Å². The maximum Gasteiger partial charge on any atom is 0.264 e. The van der Waals surface area contributed by atoms with Crippen molar-refractivity contribution in [3.05, 3.63) is 69.2 Å². The molecule has 0 unspecified atom stereocenters. The van der Waals surface area contributed by atoms with Gasteiger partial charge >= 0.3 is 0 Å². The van der Waals surface area contributed by atoms with Crippen molar-refractivity contribution in [2.24, 2.45) is 0 Å². The van der Waals surface area contributed by atoms with Crippen molar-refractivity contribution < 1.29 is 30.5 Å². The van der Waals surface area contributed by atoms with Crippen LogP contribution in [0.25, 0.3) is 16.3 Å². The average Bonchev–Trinajstić information content (AvgIpc) is 3.34. The highest BCUT2D eigenvalue weighted by Gasteiger charge is 2.25. The lowest BCUT2D eigenvalue weighted by atomic mass is 10.2. The Bertz CT molecular complexity index is 1670. The summed E-state index contributed by atoms with van der Waals surface area (Å²) in [5, 5.41) is 2.11. The lowest BCUT2D eigenvalue weighted by Gasteiger charge is -2.20. The molecule has 2 aromatic carbocycles. The summed E-state index contributed by atoms with van der Waals surface area (Å²) in [4.78, 5) is 3.36. The molecule has 0 atom stereocenters. The molecule has 12 heteroatoms.